The molecule has 0 spiro atoms. The topological polar surface area (TPSA) is 55.1 Å². The molecule has 4 nitrogen and oxygen atoms in total. The number of nitrogens with zero attached hydrogens (tertiary/aromatic N) is 2. The predicted molar refractivity (Wildman–Crippen MR) is 83.3 cm³/mol. The first-order valence-electron chi connectivity index (χ1n) is 8.28. The molecule has 0 amide bonds. The summed E-state index contributed by atoms with van der Waals surface area (Å²) in [6, 6.07) is 2.42. The molecule has 0 radical (unpaired) electrons. The van der Waals surface area contributed by atoms with Crippen molar-refractivity contribution < 1.29 is 9.90 Å². The van der Waals surface area contributed by atoms with E-state index in [1.807, 2.05) is 16.9 Å². The lowest BCUT2D eigenvalue weighted by molar-refractivity contribution is -0.151. The number of carboxylic acids is 1. The first-order chi connectivity index (χ1) is 10.0. The maximum absolute atomic E-state index is 11.8. The number of aliphatic carboxylic acids is 1. The van der Waals surface area contributed by atoms with Gasteiger partial charge in [-0.1, -0.05) is 20.8 Å². The van der Waals surface area contributed by atoms with Crippen LogP contribution in [0.4, 0.5) is 0 Å². The fourth-order valence-corrected chi connectivity index (χ4v) is 3.47. The zero-order valence-corrected chi connectivity index (χ0v) is 13.5. The Kier molecular flexibility index (Phi) is 5.07. The molecule has 1 fully saturated rings. The van der Waals surface area contributed by atoms with Gasteiger partial charge in [0.25, 0.3) is 0 Å². The molecule has 118 valence electrons. The highest BCUT2D eigenvalue weighted by Gasteiger charge is 2.41. The number of aromatic nitrogens is 2. The van der Waals surface area contributed by atoms with E-state index < -0.39 is 11.4 Å². The molecule has 0 atom stereocenters. The second kappa shape index (κ2) is 6.63. The van der Waals surface area contributed by atoms with Crippen LogP contribution in [0.15, 0.2) is 12.3 Å². The Labute approximate surface area is 127 Å². The van der Waals surface area contributed by atoms with Gasteiger partial charge in [0.15, 0.2) is 0 Å². The van der Waals surface area contributed by atoms with E-state index in [1.165, 1.54) is 0 Å². The molecule has 0 aromatic carbocycles. The Morgan fingerprint density at radius 1 is 1.43 bits per heavy atom. The van der Waals surface area contributed by atoms with E-state index in [4.69, 9.17) is 0 Å². The number of hydrogen-bond donors (Lipinski definition) is 1. The summed E-state index contributed by atoms with van der Waals surface area (Å²) in [5.74, 6) is 0.00563. The zero-order valence-electron chi connectivity index (χ0n) is 13.5. The van der Waals surface area contributed by atoms with E-state index >= 15 is 0 Å². The van der Waals surface area contributed by atoms with Gasteiger partial charge < -0.3 is 5.11 Å². The van der Waals surface area contributed by atoms with E-state index in [2.05, 4.69) is 25.9 Å². The molecular weight excluding hydrogens is 264 g/mol. The molecule has 0 aliphatic heterocycles. The fourth-order valence-electron chi connectivity index (χ4n) is 3.47. The van der Waals surface area contributed by atoms with Crippen LogP contribution < -0.4 is 0 Å². The molecule has 1 heterocycles. The molecule has 2 rings (SSSR count). The maximum atomic E-state index is 11.8. The Morgan fingerprint density at radius 2 is 2.05 bits per heavy atom. The summed E-state index contributed by atoms with van der Waals surface area (Å²) in [5, 5.41) is 14.4. The summed E-state index contributed by atoms with van der Waals surface area (Å²) in [6.07, 6.45) is 8.27. The molecule has 1 aromatic heterocycles. The third-order valence-electron chi connectivity index (χ3n) is 5.18. The van der Waals surface area contributed by atoms with Gasteiger partial charge in [-0.3, -0.25) is 9.48 Å². The van der Waals surface area contributed by atoms with Crippen LogP contribution in [0.3, 0.4) is 0 Å². The largest absolute Gasteiger partial charge is 0.481 e. The van der Waals surface area contributed by atoms with Crippen molar-refractivity contribution in [1.29, 1.82) is 0 Å². The molecule has 1 N–H and O–H groups in total. The summed E-state index contributed by atoms with van der Waals surface area (Å²) in [4.78, 5) is 11.8. The monoisotopic (exact) mass is 292 g/mol. The average Bonchev–Trinajstić information content (AvgIpc) is 2.91. The minimum Gasteiger partial charge on any atom is -0.481 e. The van der Waals surface area contributed by atoms with Crippen LogP contribution in [0, 0.1) is 11.3 Å². The van der Waals surface area contributed by atoms with Crippen LogP contribution >= 0.6 is 0 Å². The predicted octanol–water partition coefficient (Wildman–Crippen LogP) is 4.07. The van der Waals surface area contributed by atoms with Gasteiger partial charge in [-0.15, -0.1) is 0 Å². The number of carboxylic acid groups (broad SMARTS) is 1. The van der Waals surface area contributed by atoms with E-state index in [1.54, 1.807) is 0 Å². The smallest absolute Gasteiger partial charge is 0.310 e. The van der Waals surface area contributed by atoms with Gasteiger partial charge >= 0.3 is 5.97 Å². The van der Waals surface area contributed by atoms with Crippen molar-refractivity contribution in [3.63, 3.8) is 0 Å². The molecular formula is C17H28N2O2. The lowest BCUT2D eigenvalue weighted by Gasteiger charge is -2.35. The van der Waals surface area contributed by atoms with E-state index in [-0.39, 0.29) is 0 Å². The Bertz CT molecular complexity index is 469. The van der Waals surface area contributed by atoms with Crippen LogP contribution in [0.25, 0.3) is 0 Å². The average molecular weight is 292 g/mol. The molecule has 1 saturated carbocycles. The number of rotatable bonds is 6. The van der Waals surface area contributed by atoms with Gasteiger partial charge in [0.05, 0.1) is 17.2 Å². The van der Waals surface area contributed by atoms with E-state index in [9.17, 15) is 9.90 Å². The molecule has 1 aliphatic rings. The van der Waals surface area contributed by atoms with Crippen molar-refractivity contribution in [3.05, 3.63) is 18.0 Å². The Balaban J connectivity index is 2.13. The zero-order chi connectivity index (χ0) is 15.5. The van der Waals surface area contributed by atoms with Gasteiger partial charge in [0.1, 0.15) is 0 Å². The second-order valence-corrected chi connectivity index (χ2v) is 6.70. The lowest BCUT2D eigenvalue weighted by Crippen LogP contribution is -2.37. The summed E-state index contributed by atoms with van der Waals surface area (Å²) in [5.41, 5.74) is 0.332. The molecule has 21 heavy (non-hydrogen) atoms. The van der Waals surface area contributed by atoms with E-state index in [0.717, 1.165) is 44.2 Å². The molecule has 1 aromatic rings. The van der Waals surface area contributed by atoms with Crippen molar-refractivity contribution in [1.82, 2.24) is 9.78 Å². The van der Waals surface area contributed by atoms with Gasteiger partial charge in [0.2, 0.25) is 0 Å². The van der Waals surface area contributed by atoms with E-state index in [0.29, 0.717) is 18.4 Å². The van der Waals surface area contributed by atoms with Crippen LogP contribution in [-0.4, -0.2) is 20.9 Å². The lowest BCUT2D eigenvalue weighted by atomic mass is 9.68. The van der Waals surface area contributed by atoms with Crippen molar-refractivity contribution in [2.45, 2.75) is 71.8 Å². The van der Waals surface area contributed by atoms with Crippen molar-refractivity contribution >= 4 is 5.97 Å². The van der Waals surface area contributed by atoms with Gasteiger partial charge in [0, 0.05) is 12.6 Å². The molecule has 0 saturated heterocycles. The van der Waals surface area contributed by atoms with Gasteiger partial charge in [-0.05, 0) is 50.5 Å². The third-order valence-corrected chi connectivity index (χ3v) is 5.18. The Hall–Kier alpha value is -1.32. The minimum atomic E-state index is -0.647. The second-order valence-electron chi connectivity index (χ2n) is 6.70. The molecule has 0 bridgehead atoms. The normalized spacial score (nSPS) is 26.2. The minimum absolute atomic E-state index is 0.422. The highest BCUT2D eigenvalue weighted by Crippen LogP contribution is 2.41. The fraction of sp³-hybridized carbons (Fsp3) is 0.765. The summed E-state index contributed by atoms with van der Waals surface area (Å²) in [6.45, 7) is 6.54. The number of carbonyl (C=O) groups is 1. The van der Waals surface area contributed by atoms with Gasteiger partial charge in [-0.2, -0.15) is 5.10 Å². The highest BCUT2D eigenvalue weighted by molar-refractivity contribution is 5.75. The summed E-state index contributed by atoms with van der Waals surface area (Å²) in [7, 11) is 0. The van der Waals surface area contributed by atoms with Gasteiger partial charge in [-0.25, -0.2) is 0 Å². The Morgan fingerprint density at radius 3 is 2.57 bits per heavy atom. The van der Waals surface area contributed by atoms with Crippen LogP contribution in [0.5, 0.6) is 0 Å². The summed E-state index contributed by atoms with van der Waals surface area (Å²) < 4.78 is 2.01. The van der Waals surface area contributed by atoms with Crippen LogP contribution in [0.2, 0.25) is 0 Å². The first-order valence-corrected chi connectivity index (χ1v) is 8.28. The SMILES string of the molecule is CCC(CC)n1ccc(CC2(C(=O)O)CCC(C)CC2)n1. The molecule has 0 unspecified atom stereocenters. The van der Waals surface area contributed by atoms with Crippen molar-refractivity contribution in [2.75, 3.05) is 0 Å². The molecule has 1 aliphatic carbocycles. The quantitative estimate of drug-likeness (QED) is 0.860. The van der Waals surface area contributed by atoms with Crippen molar-refractivity contribution in [2.24, 2.45) is 11.3 Å². The third kappa shape index (κ3) is 3.47. The number of hydrogen-bond acceptors (Lipinski definition) is 2. The van der Waals surface area contributed by atoms with Crippen LogP contribution in [-0.2, 0) is 11.2 Å². The molecule has 4 heteroatoms. The maximum Gasteiger partial charge on any atom is 0.310 e. The highest BCUT2D eigenvalue weighted by atomic mass is 16.4. The standard InChI is InChI=1S/C17H28N2O2/c1-4-15(5-2)19-11-8-14(18-19)12-17(16(20)21)9-6-13(3)7-10-17/h8,11,13,15H,4-7,9-10,12H2,1-3H3,(H,20,21). The van der Waals surface area contributed by atoms with Crippen LogP contribution in [0.1, 0.15) is 71.0 Å². The summed E-state index contributed by atoms with van der Waals surface area (Å²) >= 11 is 0. The first kappa shape index (κ1) is 16.1. The van der Waals surface area contributed by atoms with Crippen molar-refractivity contribution in [3.8, 4) is 0 Å².